The molecule has 5 heterocycles. The molecule has 0 spiro atoms. The van der Waals surface area contributed by atoms with E-state index >= 15 is 0 Å². The molecule has 5 rings (SSSR count). The third-order valence-electron chi connectivity index (χ3n) is 5.55. The highest BCUT2D eigenvalue weighted by atomic mass is 16.3. The molecule has 2 aromatic rings. The van der Waals surface area contributed by atoms with Gasteiger partial charge in [0, 0.05) is 31.5 Å². The lowest BCUT2D eigenvalue weighted by molar-refractivity contribution is -0.133. The first-order valence-electron chi connectivity index (χ1n) is 9.13. The lowest BCUT2D eigenvalue weighted by Crippen LogP contribution is -2.58. The van der Waals surface area contributed by atoms with Crippen LogP contribution < -0.4 is 5.32 Å². The zero-order valence-electron chi connectivity index (χ0n) is 14.7. The summed E-state index contributed by atoms with van der Waals surface area (Å²) >= 11 is 0. The van der Waals surface area contributed by atoms with Crippen molar-refractivity contribution in [2.45, 2.75) is 38.6 Å². The average molecular weight is 356 g/mol. The van der Waals surface area contributed by atoms with Crippen molar-refractivity contribution in [2.75, 3.05) is 13.1 Å². The van der Waals surface area contributed by atoms with Gasteiger partial charge in [-0.2, -0.15) is 0 Å². The van der Waals surface area contributed by atoms with Crippen LogP contribution in [0.2, 0.25) is 0 Å². The molecule has 0 aliphatic carbocycles. The number of nitrogens with one attached hydrogen (secondary N) is 1. The number of piperidine rings is 3. The Hall–Kier alpha value is -2.32. The first kappa shape index (κ1) is 17.1. The number of pyridine rings is 1. The molecule has 1 amide bonds. The van der Waals surface area contributed by atoms with E-state index in [0.717, 1.165) is 38.0 Å². The van der Waals surface area contributed by atoms with Crippen molar-refractivity contribution in [3.05, 3.63) is 42.0 Å². The van der Waals surface area contributed by atoms with Gasteiger partial charge in [-0.25, -0.2) is 0 Å². The van der Waals surface area contributed by atoms with Crippen molar-refractivity contribution in [3.63, 3.8) is 0 Å². The first-order chi connectivity index (χ1) is 12.7. The van der Waals surface area contributed by atoms with E-state index in [1.165, 1.54) is 0 Å². The van der Waals surface area contributed by atoms with Crippen LogP contribution in [-0.2, 0) is 24.5 Å². The highest BCUT2D eigenvalue weighted by Crippen LogP contribution is 2.36. The smallest absolute Gasteiger partial charge is 0.224 e. The van der Waals surface area contributed by atoms with E-state index in [-0.39, 0.29) is 18.4 Å². The maximum absolute atomic E-state index is 12.7. The quantitative estimate of drug-likeness (QED) is 0.767. The summed E-state index contributed by atoms with van der Waals surface area (Å²) in [6.07, 6.45) is 7.38. The molecule has 8 heteroatoms. The van der Waals surface area contributed by atoms with Crippen LogP contribution in [0.25, 0.3) is 0 Å². The largest absolute Gasteiger partial charge is 0.390 e. The number of carbonyl (C=O) groups excluding carboxylic acids is 1. The van der Waals surface area contributed by atoms with Gasteiger partial charge in [-0.15, -0.1) is 5.10 Å². The van der Waals surface area contributed by atoms with Gasteiger partial charge in [0.25, 0.3) is 0 Å². The zero-order chi connectivity index (χ0) is 17.9. The summed E-state index contributed by atoms with van der Waals surface area (Å²) in [5.74, 6) is 0.616. The number of amides is 1. The number of carbonyl (C=O) groups is 1. The topological polar surface area (TPSA) is 96.2 Å². The van der Waals surface area contributed by atoms with E-state index in [4.69, 9.17) is 5.11 Å². The van der Waals surface area contributed by atoms with Gasteiger partial charge in [0.05, 0.1) is 25.3 Å². The minimum absolute atomic E-state index is 0.0559. The normalized spacial score (nSPS) is 27.4. The molecule has 2 aromatic heterocycles. The summed E-state index contributed by atoms with van der Waals surface area (Å²) in [4.78, 5) is 19.1. The van der Waals surface area contributed by atoms with E-state index < -0.39 is 0 Å². The predicted octanol–water partition coefficient (Wildman–Crippen LogP) is 0.192. The summed E-state index contributed by atoms with van der Waals surface area (Å²) in [5, 5.41) is 20.2. The Morgan fingerprint density at radius 3 is 3.04 bits per heavy atom. The van der Waals surface area contributed by atoms with Gasteiger partial charge in [-0.1, -0.05) is 11.3 Å². The third kappa shape index (κ3) is 3.61. The lowest BCUT2D eigenvalue weighted by Gasteiger charge is -2.49. The molecule has 3 aliphatic heterocycles. The minimum atomic E-state index is -0.0871. The van der Waals surface area contributed by atoms with Crippen molar-refractivity contribution < 1.29 is 9.90 Å². The van der Waals surface area contributed by atoms with E-state index in [2.05, 4.69) is 25.5 Å². The lowest BCUT2D eigenvalue weighted by atomic mass is 9.75. The number of hydrogen-bond donors (Lipinski definition) is 2. The Morgan fingerprint density at radius 2 is 2.35 bits per heavy atom. The van der Waals surface area contributed by atoms with Gasteiger partial charge < -0.3 is 10.4 Å². The summed E-state index contributed by atoms with van der Waals surface area (Å²) < 4.78 is 1.80. The maximum Gasteiger partial charge on any atom is 0.224 e. The van der Waals surface area contributed by atoms with Gasteiger partial charge in [0.2, 0.25) is 5.91 Å². The number of aliphatic hydroxyl groups excluding tert-OH is 1. The van der Waals surface area contributed by atoms with Crippen LogP contribution >= 0.6 is 0 Å². The number of fused-ring (bicyclic) bond motifs is 3. The fourth-order valence-electron chi connectivity index (χ4n) is 4.16. The summed E-state index contributed by atoms with van der Waals surface area (Å²) in [5.41, 5.74) is 1.61. The first-order valence-corrected chi connectivity index (χ1v) is 9.13. The van der Waals surface area contributed by atoms with Gasteiger partial charge in [-0.3, -0.25) is 19.4 Å². The van der Waals surface area contributed by atoms with E-state index in [1.807, 2.05) is 12.1 Å². The molecule has 3 saturated heterocycles. The second-order valence-electron chi connectivity index (χ2n) is 7.21. The molecule has 8 nitrogen and oxygen atoms in total. The number of aromatic nitrogens is 4. The van der Waals surface area contributed by atoms with Crippen LogP contribution in [0, 0.1) is 11.8 Å². The molecule has 2 bridgehead atoms. The molecule has 0 aromatic carbocycles. The molecule has 0 saturated carbocycles. The van der Waals surface area contributed by atoms with Gasteiger partial charge >= 0.3 is 0 Å². The fourth-order valence-corrected chi connectivity index (χ4v) is 4.16. The van der Waals surface area contributed by atoms with Crippen LogP contribution in [0.1, 0.15) is 24.1 Å². The highest BCUT2D eigenvalue weighted by Gasteiger charge is 2.43. The molecule has 4 atom stereocenters. The van der Waals surface area contributed by atoms with Gasteiger partial charge in [-0.05, 0) is 36.9 Å². The average Bonchev–Trinajstić information content (AvgIpc) is 3.15. The molecule has 138 valence electrons. The van der Waals surface area contributed by atoms with Gasteiger partial charge in [0.15, 0.2) is 0 Å². The van der Waals surface area contributed by atoms with Gasteiger partial charge in [0.1, 0.15) is 5.69 Å². The minimum Gasteiger partial charge on any atom is -0.390 e. The van der Waals surface area contributed by atoms with E-state index in [1.54, 1.807) is 23.3 Å². The predicted molar refractivity (Wildman–Crippen MR) is 93.6 cm³/mol. The van der Waals surface area contributed by atoms with E-state index in [9.17, 15) is 4.79 Å². The number of aliphatic hydroxyl groups is 1. The Bertz CT molecular complexity index is 749. The SMILES string of the molecule is O=C(NCc1cccnc1)C1CN2CCC1CC2Cn1cc(CO)nn1. The standard InChI is InChI=1S/C18H24N6O2/c25-12-15-9-24(22-21-15)10-16-6-14-3-5-23(16)11-17(14)18(26)20-8-13-2-1-4-19-7-13/h1-2,4,7,9,14,16-17,25H,3,5-6,8,10-12H2,(H,20,26). The number of rotatable bonds is 6. The third-order valence-corrected chi connectivity index (χ3v) is 5.55. The molecule has 0 radical (unpaired) electrons. The molecular formula is C18H24N6O2. The monoisotopic (exact) mass is 356 g/mol. The molecule has 2 N–H and O–H groups in total. The second kappa shape index (κ2) is 7.51. The maximum atomic E-state index is 12.7. The van der Waals surface area contributed by atoms with Crippen LogP contribution in [0.3, 0.4) is 0 Å². The summed E-state index contributed by atoms with van der Waals surface area (Å²) in [6.45, 7) is 3.03. The Kier molecular flexibility index (Phi) is 4.94. The second-order valence-corrected chi connectivity index (χ2v) is 7.21. The van der Waals surface area contributed by atoms with Crippen LogP contribution in [0.4, 0.5) is 0 Å². The molecule has 4 unspecified atom stereocenters. The number of hydrogen-bond acceptors (Lipinski definition) is 6. The van der Waals surface area contributed by atoms with E-state index in [0.29, 0.717) is 24.2 Å². The fraction of sp³-hybridized carbons (Fsp3) is 0.556. The van der Waals surface area contributed by atoms with Crippen LogP contribution in [0.15, 0.2) is 30.7 Å². The highest BCUT2D eigenvalue weighted by molar-refractivity contribution is 5.79. The molecular weight excluding hydrogens is 332 g/mol. The van der Waals surface area contributed by atoms with Crippen molar-refractivity contribution in [1.82, 2.24) is 30.2 Å². The van der Waals surface area contributed by atoms with Crippen LogP contribution in [0.5, 0.6) is 0 Å². The van der Waals surface area contributed by atoms with Crippen molar-refractivity contribution in [3.8, 4) is 0 Å². The van der Waals surface area contributed by atoms with Crippen molar-refractivity contribution in [1.29, 1.82) is 0 Å². The molecule has 3 aliphatic rings. The zero-order valence-corrected chi connectivity index (χ0v) is 14.7. The molecule has 3 fully saturated rings. The summed E-state index contributed by atoms with van der Waals surface area (Å²) in [6, 6.07) is 4.23. The van der Waals surface area contributed by atoms with Crippen molar-refractivity contribution >= 4 is 5.91 Å². The Labute approximate surface area is 152 Å². The Morgan fingerprint density at radius 1 is 1.42 bits per heavy atom. The summed E-state index contributed by atoms with van der Waals surface area (Å²) in [7, 11) is 0. The van der Waals surface area contributed by atoms with Crippen molar-refractivity contribution in [2.24, 2.45) is 11.8 Å². The Balaban J connectivity index is 1.33. The van der Waals surface area contributed by atoms with Crippen LogP contribution in [-0.4, -0.2) is 55.0 Å². The molecule has 26 heavy (non-hydrogen) atoms. The number of nitrogens with zero attached hydrogens (tertiary/aromatic N) is 5.